The Balaban J connectivity index is 2.17. The first-order valence-corrected chi connectivity index (χ1v) is 12.6. The molecule has 0 heterocycles. The molecular formula is C23H36O4S2. The third-order valence-corrected chi connectivity index (χ3v) is 7.13. The van der Waals surface area contributed by atoms with Crippen LogP contribution in [0, 0.1) is 6.92 Å². The molecule has 0 bridgehead atoms. The van der Waals surface area contributed by atoms with E-state index in [1.165, 1.54) is 53.9 Å². The van der Waals surface area contributed by atoms with Gasteiger partial charge in [-0.15, -0.1) is 23.5 Å². The number of rotatable bonds is 17. The number of aryl methyl sites for hydroxylation is 1. The third kappa shape index (κ3) is 13.7. The van der Waals surface area contributed by atoms with E-state index in [2.05, 4.69) is 25.1 Å². The number of benzene rings is 1. The standard InChI is InChI=1S/C23H36O4S2/c1-18-13-14-20(29-19(2)17-23(26)27)21(16-18)28-15-11-9-7-5-3-4-6-8-10-12-22(24)25/h13-14,16,19H,3-12,15,17H2,1-2H3,(H,24,25)(H,26,27). The van der Waals surface area contributed by atoms with Crippen LogP contribution in [-0.2, 0) is 9.59 Å². The normalized spacial score (nSPS) is 12.1. The number of carboxylic acids is 2. The molecule has 29 heavy (non-hydrogen) atoms. The number of hydrogen-bond acceptors (Lipinski definition) is 4. The van der Waals surface area contributed by atoms with Crippen LogP contribution in [0.15, 0.2) is 28.0 Å². The maximum Gasteiger partial charge on any atom is 0.304 e. The van der Waals surface area contributed by atoms with Crippen molar-refractivity contribution in [3.05, 3.63) is 23.8 Å². The molecule has 1 unspecified atom stereocenters. The summed E-state index contributed by atoms with van der Waals surface area (Å²) >= 11 is 3.54. The van der Waals surface area contributed by atoms with Crippen LogP contribution in [-0.4, -0.2) is 33.2 Å². The molecule has 2 N–H and O–H groups in total. The minimum Gasteiger partial charge on any atom is -0.481 e. The van der Waals surface area contributed by atoms with E-state index >= 15 is 0 Å². The zero-order chi connectivity index (χ0) is 21.5. The number of carboxylic acid groups (broad SMARTS) is 2. The monoisotopic (exact) mass is 440 g/mol. The number of carbonyl (C=O) groups is 2. The highest BCUT2D eigenvalue weighted by Gasteiger charge is 2.12. The van der Waals surface area contributed by atoms with Gasteiger partial charge in [0.25, 0.3) is 0 Å². The zero-order valence-electron chi connectivity index (χ0n) is 17.8. The van der Waals surface area contributed by atoms with Crippen molar-refractivity contribution in [2.75, 3.05) is 5.75 Å². The van der Waals surface area contributed by atoms with Crippen LogP contribution in [0.4, 0.5) is 0 Å². The molecule has 0 aliphatic rings. The minimum absolute atomic E-state index is 0.0682. The van der Waals surface area contributed by atoms with Crippen molar-refractivity contribution in [2.45, 2.75) is 99.5 Å². The van der Waals surface area contributed by atoms with E-state index in [0.29, 0.717) is 6.42 Å². The molecule has 0 fully saturated rings. The summed E-state index contributed by atoms with van der Waals surface area (Å²) in [6.07, 6.45) is 10.9. The van der Waals surface area contributed by atoms with Crippen molar-refractivity contribution in [3.63, 3.8) is 0 Å². The molecule has 1 aromatic carbocycles. The van der Waals surface area contributed by atoms with Crippen molar-refractivity contribution in [3.8, 4) is 0 Å². The number of hydrogen-bond donors (Lipinski definition) is 2. The van der Waals surface area contributed by atoms with E-state index in [-0.39, 0.29) is 11.7 Å². The highest BCUT2D eigenvalue weighted by Crippen LogP contribution is 2.35. The van der Waals surface area contributed by atoms with E-state index in [9.17, 15) is 9.59 Å². The van der Waals surface area contributed by atoms with E-state index < -0.39 is 11.9 Å². The number of unbranched alkanes of at least 4 members (excludes halogenated alkanes) is 8. The van der Waals surface area contributed by atoms with Crippen LogP contribution in [0.25, 0.3) is 0 Å². The Bertz CT molecular complexity index is 619. The molecule has 4 nitrogen and oxygen atoms in total. The molecule has 0 saturated heterocycles. The summed E-state index contributed by atoms with van der Waals surface area (Å²) in [6, 6.07) is 6.43. The maximum absolute atomic E-state index is 10.9. The first kappa shape index (κ1) is 25.9. The predicted octanol–water partition coefficient (Wildman–Crippen LogP) is 7.03. The van der Waals surface area contributed by atoms with Gasteiger partial charge < -0.3 is 10.2 Å². The van der Waals surface area contributed by atoms with Crippen molar-refractivity contribution in [2.24, 2.45) is 0 Å². The lowest BCUT2D eigenvalue weighted by Crippen LogP contribution is -2.05. The average Bonchev–Trinajstić information content (AvgIpc) is 2.63. The summed E-state index contributed by atoms with van der Waals surface area (Å²) in [5.41, 5.74) is 1.24. The van der Waals surface area contributed by atoms with Crippen LogP contribution < -0.4 is 0 Å². The second kappa shape index (κ2) is 15.7. The molecule has 6 heteroatoms. The lowest BCUT2D eigenvalue weighted by molar-refractivity contribution is -0.138. The summed E-state index contributed by atoms with van der Waals surface area (Å²) in [5.74, 6) is -0.333. The summed E-state index contributed by atoms with van der Waals surface area (Å²) < 4.78 is 0. The highest BCUT2D eigenvalue weighted by molar-refractivity contribution is 8.02. The molecule has 1 aromatic rings. The molecule has 0 amide bonds. The van der Waals surface area contributed by atoms with Gasteiger partial charge in [0.1, 0.15) is 0 Å². The van der Waals surface area contributed by atoms with Crippen LogP contribution in [0.1, 0.15) is 83.1 Å². The van der Waals surface area contributed by atoms with Gasteiger partial charge in [0.2, 0.25) is 0 Å². The van der Waals surface area contributed by atoms with Gasteiger partial charge in [0.15, 0.2) is 0 Å². The fraction of sp³-hybridized carbons (Fsp3) is 0.652. The fourth-order valence-electron chi connectivity index (χ4n) is 3.13. The summed E-state index contributed by atoms with van der Waals surface area (Å²) in [6.45, 7) is 4.07. The molecule has 0 spiro atoms. The van der Waals surface area contributed by atoms with E-state index in [4.69, 9.17) is 10.2 Å². The van der Waals surface area contributed by atoms with Crippen LogP contribution in [0.5, 0.6) is 0 Å². The minimum atomic E-state index is -0.744. The van der Waals surface area contributed by atoms with Gasteiger partial charge in [-0.3, -0.25) is 9.59 Å². The lowest BCUT2D eigenvalue weighted by atomic mass is 10.1. The Hall–Kier alpha value is -1.14. The number of thioether (sulfide) groups is 2. The van der Waals surface area contributed by atoms with Gasteiger partial charge in [0.05, 0.1) is 6.42 Å². The Labute approximate surface area is 184 Å². The third-order valence-electron chi connectivity index (χ3n) is 4.68. The fourth-order valence-corrected chi connectivity index (χ4v) is 5.48. The Morgan fingerprint density at radius 1 is 0.862 bits per heavy atom. The Morgan fingerprint density at radius 2 is 1.45 bits per heavy atom. The van der Waals surface area contributed by atoms with Gasteiger partial charge in [-0.25, -0.2) is 0 Å². The molecule has 0 aliphatic heterocycles. The van der Waals surface area contributed by atoms with E-state index in [0.717, 1.165) is 25.0 Å². The SMILES string of the molecule is Cc1ccc(SC(C)CC(=O)O)c(SCCCCCCCCCCCC(=O)O)c1. The van der Waals surface area contributed by atoms with Crippen LogP contribution in [0.2, 0.25) is 0 Å². The molecule has 1 atom stereocenters. The van der Waals surface area contributed by atoms with Gasteiger partial charge in [-0.05, 0) is 43.2 Å². The van der Waals surface area contributed by atoms with Crippen LogP contribution >= 0.6 is 23.5 Å². The summed E-state index contributed by atoms with van der Waals surface area (Å²) in [5, 5.41) is 17.6. The molecular weight excluding hydrogens is 404 g/mol. The van der Waals surface area contributed by atoms with Crippen molar-refractivity contribution in [1.29, 1.82) is 0 Å². The summed E-state index contributed by atoms with van der Waals surface area (Å²) in [7, 11) is 0. The largest absolute Gasteiger partial charge is 0.481 e. The maximum atomic E-state index is 10.9. The molecule has 0 saturated carbocycles. The van der Waals surface area contributed by atoms with E-state index in [1.807, 2.05) is 18.7 Å². The number of aliphatic carboxylic acids is 2. The summed E-state index contributed by atoms with van der Waals surface area (Å²) in [4.78, 5) is 23.8. The molecule has 0 aliphatic carbocycles. The molecule has 0 aromatic heterocycles. The lowest BCUT2D eigenvalue weighted by Gasteiger charge is -2.13. The van der Waals surface area contributed by atoms with Gasteiger partial charge in [-0.1, -0.05) is 57.9 Å². The Morgan fingerprint density at radius 3 is 2.03 bits per heavy atom. The molecule has 1 rings (SSSR count). The predicted molar refractivity (Wildman–Crippen MR) is 123 cm³/mol. The van der Waals surface area contributed by atoms with Crippen molar-refractivity contribution in [1.82, 2.24) is 0 Å². The Kier molecular flexibility index (Phi) is 14.0. The van der Waals surface area contributed by atoms with E-state index in [1.54, 1.807) is 11.8 Å². The molecule has 0 radical (unpaired) electrons. The van der Waals surface area contributed by atoms with Gasteiger partial charge in [0, 0.05) is 21.5 Å². The average molecular weight is 441 g/mol. The molecule has 164 valence electrons. The topological polar surface area (TPSA) is 74.6 Å². The quantitative estimate of drug-likeness (QED) is 0.200. The van der Waals surface area contributed by atoms with Crippen LogP contribution in [0.3, 0.4) is 0 Å². The van der Waals surface area contributed by atoms with Gasteiger partial charge >= 0.3 is 11.9 Å². The van der Waals surface area contributed by atoms with Gasteiger partial charge in [-0.2, -0.15) is 0 Å². The first-order valence-electron chi connectivity index (χ1n) is 10.7. The second-order valence-corrected chi connectivity index (χ2v) is 10.3. The van der Waals surface area contributed by atoms with Crippen molar-refractivity contribution < 1.29 is 19.8 Å². The van der Waals surface area contributed by atoms with Crippen molar-refractivity contribution >= 4 is 35.5 Å². The second-order valence-electron chi connectivity index (χ2n) is 7.65. The smallest absolute Gasteiger partial charge is 0.304 e. The highest BCUT2D eigenvalue weighted by atomic mass is 32.2. The zero-order valence-corrected chi connectivity index (χ0v) is 19.5. The first-order chi connectivity index (χ1) is 13.9.